The fourth-order valence-corrected chi connectivity index (χ4v) is 3.32. The third-order valence-electron chi connectivity index (χ3n) is 3.58. The van der Waals surface area contributed by atoms with Crippen molar-refractivity contribution in [1.82, 2.24) is 20.2 Å². The molecule has 1 aromatic heterocycles. The number of amides is 1. The summed E-state index contributed by atoms with van der Waals surface area (Å²) in [6.07, 6.45) is 2.55. The molecule has 0 fully saturated rings. The molecule has 2 aromatic carbocycles. The highest BCUT2D eigenvalue weighted by atomic mass is 32.2. The fourth-order valence-electron chi connectivity index (χ4n) is 2.44. The zero-order valence-electron chi connectivity index (χ0n) is 13.5. The van der Waals surface area contributed by atoms with E-state index < -0.39 is 15.7 Å². The molecule has 3 aromatic rings. The number of nitrogens with zero attached hydrogens (tertiary/aromatic N) is 4. The van der Waals surface area contributed by atoms with E-state index in [2.05, 4.69) is 20.8 Å². The highest BCUT2D eigenvalue weighted by Crippen LogP contribution is 2.20. The van der Waals surface area contributed by atoms with Crippen molar-refractivity contribution in [3.63, 3.8) is 0 Å². The number of aromatic nitrogens is 4. The van der Waals surface area contributed by atoms with Gasteiger partial charge in [-0.2, -0.15) is 0 Å². The molecule has 1 N–H and O–H groups in total. The molecular weight excluding hydrogens is 342 g/mol. The van der Waals surface area contributed by atoms with Crippen molar-refractivity contribution in [2.75, 3.05) is 11.6 Å². The van der Waals surface area contributed by atoms with Crippen LogP contribution in [0.15, 0.2) is 53.7 Å². The van der Waals surface area contributed by atoms with Crippen molar-refractivity contribution < 1.29 is 13.2 Å². The molecule has 0 saturated heterocycles. The lowest BCUT2D eigenvalue weighted by molar-refractivity contribution is 0.102. The van der Waals surface area contributed by atoms with E-state index >= 15 is 0 Å². The van der Waals surface area contributed by atoms with E-state index in [1.54, 1.807) is 30.3 Å². The van der Waals surface area contributed by atoms with Gasteiger partial charge in [-0.3, -0.25) is 4.79 Å². The van der Waals surface area contributed by atoms with Gasteiger partial charge in [-0.15, -0.1) is 5.10 Å². The van der Waals surface area contributed by atoms with Crippen LogP contribution in [-0.4, -0.2) is 40.8 Å². The number of hydrogen-bond acceptors (Lipinski definition) is 6. The average Bonchev–Trinajstić information content (AvgIpc) is 3.08. The predicted octanol–water partition coefficient (Wildman–Crippen LogP) is 1.63. The van der Waals surface area contributed by atoms with Gasteiger partial charge in [-0.25, -0.2) is 13.1 Å². The molecule has 0 aliphatic rings. The molecule has 1 amide bonds. The molecule has 9 heteroatoms. The SMILES string of the molecule is Cc1cc(NC(=O)c2ccccc2S(C)(=O)=O)ccc1-n1cnnn1. The van der Waals surface area contributed by atoms with Crippen molar-refractivity contribution in [3.05, 3.63) is 59.9 Å². The lowest BCUT2D eigenvalue weighted by Crippen LogP contribution is -2.16. The van der Waals surface area contributed by atoms with Crippen LogP contribution < -0.4 is 5.32 Å². The van der Waals surface area contributed by atoms with Crippen molar-refractivity contribution >= 4 is 21.4 Å². The van der Waals surface area contributed by atoms with Gasteiger partial charge in [0.15, 0.2) is 9.84 Å². The van der Waals surface area contributed by atoms with Gasteiger partial charge in [-0.1, -0.05) is 12.1 Å². The smallest absolute Gasteiger partial charge is 0.256 e. The van der Waals surface area contributed by atoms with E-state index in [4.69, 9.17) is 0 Å². The highest BCUT2D eigenvalue weighted by Gasteiger charge is 2.18. The topological polar surface area (TPSA) is 107 Å². The summed E-state index contributed by atoms with van der Waals surface area (Å²) in [6.45, 7) is 1.86. The monoisotopic (exact) mass is 357 g/mol. The van der Waals surface area contributed by atoms with Crippen LogP contribution in [0.25, 0.3) is 5.69 Å². The summed E-state index contributed by atoms with van der Waals surface area (Å²) >= 11 is 0. The van der Waals surface area contributed by atoms with E-state index in [1.807, 2.05) is 6.92 Å². The molecule has 0 saturated carbocycles. The number of benzene rings is 2. The number of sulfone groups is 1. The largest absolute Gasteiger partial charge is 0.322 e. The normalized spacial score (nSPS) is 11.3. The van der Waals surface area contributed by atoms with Crippen LogP contribution in [0.4, 0.5) is 5.69 Å². The zero-order valence-corrected chi connectivity index (χ0v) is 14.4. The van der Waals surface area contributed by atoms with Crippen LogP contribution in [0.1, 0.15) is 15.9 Å². The Balaban J connectivity index is 1.89. The molecule has 3 rings (SSSR count). The number of tetrazole rings is 1. The maximum Gasteiger partial charge on any atom is 0.256 e. The Morgan fingerprint density at radius 3 is 2.56 bits per heavy atom. The summed E-state index contributed by atoms with van der Waals surface area (Å²) in [4.78, 5) is 12.5. The maximum absolute atomic E-state index is 12.5. The van der Waals surface area contributed by atoms with Gasteiger partial charge in [0.2, 0.25) is 0 Å². The minimum absolute atomic E-state index is 0.00506. The standard InChI is InChI=1S/C16H15N5O3S/c1-11-9-12(7-8-14(11)21-10-17-19-20-21)18-16(22)13-5-3-4-6-15(13)25(2,23)24/h3-10H,1-2H3,(H,18,22). The third-order valence-corrected chi connectivity index (χ3v) is 4.74. The van der Waals surface area contributed by atoms with Gasteiger partial charge >= 0.3 is 0 Å². The first-order chi connectivity index (χ1) is 11.9. The summed E-state index contributed by atoms with van der Waals surface area (Å²) < 4.78 is 25.2. The second kappa shape index (κ2) is 6.44. The van der Waals surface area contributed by atoms with Crippen LogP contribution in [0, 0.1) is 6.92 Å². The average molecular weight is 357 g/mol. The lowest BCUT2D eigenvalue weighted by Gasteiger charge is -2.11. The van der Waals surface area contributed by atoms with Crippen LogP contribution in [0.5, 0.6) is 0 Å². The molecule has 0 spiro atoms. The number of nitrogens with one attached hydrogen (secondary N) is 1. The first-order valence-electron chi connectivity index (χ1n) is 7.31. The molecule has 0 bridgehead atoms. The van der Waals surface area contributed by atoms with Crippen LogP contribution in [0.3, 0.4) is 0 Å². The second-order valence-electron chi connectivity index (χ2n) is 5.48. The molecule has 25 heavy (non-hydrogen) atoms. The molecule has 8 nitrogen and oxygen atoms in total. The number of carbonyl (C=O) groups excluding carboxylic acids is 1. The van der Waals surface area contributed by atoms with Crippen molar-refractivity contribution in [1.29, 1.82) is 0 Å². The van der Waals surface area contributed by atoms with E-state index in [0.29, 0.717) is 5.69 Å². The van der Waals surface area contributed by atoms with E-state index in [-0.39, 0.29) is 10.5 Å². The first kappa shape index (κ1) is 16.8. The number of hydrogen-bond donors (Lipinski definition) is 1. The van der Waals surface area contributed by atoms with Crippen molar-refractivity contribution in [3.8, 4) is 5.69 Å². The summed E-state index contributed by atoms with van der Waals surface area (Å²) in [7, 11) is -3.50. The molecule has 0 atom stereocenters. The van der Waals surface area contributed by atoms with Crippen LogP contribution in [0.2, 0.25) is 0 Å². The summed E-state index contributed by atoms with van der Waals surface area (Å²) in [5, 5.41) is 13.7. The van der Waals surface area contributed by atoms with Gasteiger partial charge < -0.3 is 5.32 Å². The molecule has 1 heterocycles. The molecule has 0 radical (unpaired) electrons. The number of anilines is 1. The van der Waals surface area contributed by atoms with Gasteiger partial charge in [0.25, 0.3) is 5.91 Å². The van der Waals surface area contributed by atoms with E-state index in [0.717, 1.165) is 17.5 Å². The predicted molar refractivity (Wildman–Crippen MR) is 91.4 cm³/mol. The summed E-state index contributed by atoms with van der Waals surface area (Å²) in [5.74, 6) is -0.490. The Labute approximate surface area is 144 Å². The van der Waals surface area contributed by atoms with Crippen molar-refractivity contribution in [2.45, 2.75) is 11.8 Å². The Bertz CT molecular complexity index is 1030. The fraction of sp³-hybridized carbons (Fsp3) is 0.125. The third kappa shape index (κ3) is 3.56. The Morgan fingerprint density at radius 2 is 1.92 bits per heavy atom. The van der Waals surface area contributed by atoms with Gasteiger partial charge in [0, 0.05) is 11.9 Å². The molecule has 0 unspecified atom stereocenters. The zero-order chi connectivity index (χ0) is 18.0. The van der Waals surface area contributed by atoms with Crippen molar-refractivity contribution in [2.24, 2.45) is 0 Å². The van der Waals surface area contributed by atoms with Gasteiger partial charge in [0.1, 0.15) is 6.33 Å². The van der Waals surface area contributed by atoms with Gasteiger partial charge in [0.05, 0.1) is 16.1 Å². The molecule has 0 aliphatic heterocycles. The van der Waals surface area contributed by atoms with Crippen LogP contribution >= 0.6 is 0 Å². The second-order valence-corrected chi connectivity index (χ2v) is 7.46. The molecular formula is C16H15N5O3S. The Kier molecular flexibility index (Phi) is 4.32. The lowest BCUT2D eigenvalue weighted by atomic mass is 10.1. The molecule has 128 valence electrons. The first-order valence-corrected chi connectivity index (χ1v) is 9.20. The van der Waals surface area contributed by atoms with Crippen LogP contribution in [-0.2, 0) is 9.84 Å². The highest BCUT2D eigenvalue weighted by molar-refractivity contribution is 7.90. The quantitative estimate of drug-likeness (QED) is 0.760. The minimum Gasteiger partial charge on any atom is -0.322 e. The Morgan fingerprint density at radius 1 is 1.16 bits per heavy atom. The van der Waals surface area contributed by atoms with E-state index in [1.165, 1.54) is 23.1 Å². The molecule has 0 aliphatic carbocycles. The Hall–Kier alpha value is -3.07. The van der Waals surface area contributed by atoms with E-state index in [9.17, 15) is 13.2 Å². The number of aryl methyl sites for hydroxylation is 1. The van der Waals surface area contributed by atoms with Gasteiger partial charge in [-0.05, 0) is 53.2 Å². The maximum atomic E-state index is 12.5. The summed E-state index contributed by atoms with van der Waals surface area (Å²) in [6, 6.07) is 11.3. The number of carbonyl (C=O) groups is 1. The number of rotatable bonds is 4. The minimum atomic E-state index is -3.50. The summed E-state index contributed by atoms with van der Waals surface area (Å²) in [5.41, 5.74) is 2.27.